The van der Waals surface area contributed by atoms with Crippen LogP contribution in [0.1, 0.15) is 15.9 Å². The van der Waals surface area contributed by atoms with Crippen LogP contribution >= 0.6 is 0 Å². The van der Waals surface area contributed by atoms with Crippen LogP contribution in [0.2, 0.25) is 0 Å². The summed E-state index contributed by atoms with van der Waals surface area (Å²) in [5.74, 6) is -1.99. The Balaban J connectivity index is 2.10. The highest BCUT2D eigenvalue weighted by Crippen LogP contribution is 2.25. The molecule has 0 amide bonds. The van der Waals surface area contributed by atoms with Crippen molar-refractivity contribution >= 4 is 17.3 Å². The van der Waals surface area contributed by atoms with Crippen molar-refractivity contribution in [3.8, 4) is 0 Å². The van der Waals surface area contributed by atoms with Crippen LogP contribution in [-0.2, 0) is 6.42 Å². The molecule has 5 nitrogen and oxygen atoms in total. The van der Waals surface area contributed by atoms with Crippen molar-refractivity contribution in [2.45, 2.75) is 6.42 Å². The Kier molecular flexibility index (Phi) is 4.14. The lowest BCUT2D eigenvalue weighted by Gasteiger charge is -2.12. The third kappa shape index (κ3) is 3.03. The topological polar surface area (TPSA) is 88.2 Å². The predicted octanol–water partition coefficient (Wildman–Crippen LogP) is 2.16. The zero-order chi connectivity index (χ0) is 14.5. The first-order valence-corrected chi connectivity index (χ1v) is 6.03. The molecule has 104 valence electrons. The minimum absolute atomic E-state index is 0.236. The minimum atomic E-state index is -1.26. The van der Waals surface area contributed by atoms with Crippen molar-refractivity contribution < 1.29 is 14.3 Å². The molecule has 1 heterocycles. The number of nitrogens with one attached hydrogen (secondary N) is 1. The third-order valence-corrected chi connectivity index (χ3v) is 2.88. The number of halogens is 1. The van der Waals surface area contributed by atoms with E-state index in [0.29, 0.717) is 18.7 Å². The van der Waals surface area contributed by atoms with E-state index >= 15 is 0 Å². The fraction of sp³-hybridized carbons (Fsp3) is 0.143. The van der Waals surface area contributed by atoms with Crippen LogP contribution < -0.4 is 11.1 Å². The lowest BCUT2D eigenvalue weighted by Crippen LogP contribution is -2.12. The lowest BCUT2D eigenvalue weighted by molar-refractivity contribution is 0.0698. The van der Waals surface area contributed by atoms with Gasteiger partial charge in [0.1, 0.15) is 11.4 Å². The molecule has 2 aromatic rings. The summed E-state index contributed by atoms with van der Waals surface area (Å²) in [4.78, 5) is 15.0. The maximum absolute atomic E-state index is 13.3. The van der Waals surface area contributed by atoms with E-state index in [4.69, 9.17) is 10.8 Å². The average molecular weight is 275 g/mol. The van der Waals surface area contributed by atoms with E-state index in [1.54, 1.807) is 12.4 Å². The molecule has 1 aromatic heterocycles. The second-order valence-electron chi connectivity index (χ2n) is 4.22. The molecule has 1 aromatic carbocycles. The number of anilines is 2. The van der Waals surface area contributed by atoms with Gasteiger partial charge in [0.25, 0.3) is 0 Å². The number of hydrogen-bond acceptors (Lipinski definition) is 4. The number of benzene rings is 1. The second-order valence-corrected chi connectivity index (χ2v) is 4.22. The molecule has 0 bridgehead atoms. The highest BCUT2D eigenvalue weighted by molar-refractivity contribution is 6.00. The fourth-order valence-corrected chi connectivity index (χ4v) is 1.86. The van der Waals surface area contributed by atoms with Crippen LogP contribution in [-0.4, -0.2) is 22.6 Å². The molecule has 0 atom stereocenters. The van der Waals surface area contributed by atoms with Gasteiger partial charge < -0.3 is 16.2 Å². The quantitative estimate of drug-likeness (QED) is 0.728. The smallest absolute Gasteiger partial charge is 0.340 e. The number of nitrogens with two attached hydrogens (primary N) is 1. The van der Waals surface area contributed by atoms with Crippen molar-refractivity contribution in [2.24, 2.45) is 0 Å². The highest BCUT2D eigenvalue weighted by Gasteiger charge is 2.17. The number of rotatable bonds is 5. The van der Waals surface area contributed by atoms with Gasteiger partial charge in [-0.05, 0) is 36.2 Å². The van der Waals surface area contributed by atoms with Crippen molar-refractivity contribution in [1.29, 1.82) is 0 Å². The standard InChI is InChI=1S/C14H14FN3O2/c15-10-1-2-11(12(13(10)16)14(19)20)18-8-5-9-3-6-17-7-4-9/h1-4,6-7,18H,5,8,16H2,(H,19,20). The summed E-state index contributed by atoms with van der Waals surface area (Å²) in [6.45, 7) is 0.509. The SMILES string of the molecule is Nc1c(F)ccc(NCCc2ccncc2)c1C(=O)O. The summed E-state index contributed by atoms with van der Waals surface area (Å²) >= 11 is 0. The molecule has 0 aliphatic rings. The molecule has 0 unspecified atom stereocenters. The van der Waals surface area contributed by atoms with Crippen LogP contribution in [0.5, 0.6) is 0 Å². The van der Waals surface area contributed by atoms with Crippen molar-refractivity contribution in [3.05, 3.63) is 53.6 Å². The maximum Gasteiger partial charge on any atom is 0.340 e. The number of nitrogens with zero attached hydrogens (tertiary/aromatic N) is 1. The molecular formula is C14H14FN3O2. The summed E-state index contributed by atoms with van der Waals surface area (Å²) in [6, 6.07) is 6.27. The monoisotopic (exact) mass is 275 g/mol. The molecule has 4 N–H and O–H groups in total. The number of carboxylic acid groups (broad SMARTS) is 1. The minimum Gasteiger partial charge on any atom is -0.478 e. The number of hydrogen-bond donors (Lipinski definition) is 3. The molecular weight excluding hydrogens is 261 g/mol. The van der Waals surface area contributed by atoms with E-state index in [1.165, 1.54) is 6.07 Å². The first kappa shape index (κ1) is 13.8. The summed E-state index contributed by atoms with van der Waals surface area (Å²) in [6.07, 6.45) is 4.07. The van der Waals surface area contributed by atoms with Gasteiger partial charge in [0.05, 0.1) is 11.4 Å². The molecule has 0 aliphatic heterocycles. The van der Waals surface area contributed by atoms with Gasteiger partial charge in [-0.1, -0.05) is 0 Å². The first-order chi connectivity index (χ1) is 9.59. The van der Waals surface area contributed by atoms with Gasteiger partial charge in [-0.3, -0.25) is 4.98 Å². The molecule has 0 saturated heterocycles. The Hall–Kier alpha value is -2.63. The Morgan fingerprint density at radius 3 is 2.65 bits per heavy atom. The molecule has 0 fully saturated rings. The summed E-state index contributed by atoms with van der Waals surface area (Å²) in [5, 5.41) is 12.1. The van der Waals surface area contributed by atoms with Gasteiger partial charge in [-0.2, -0.15) is 0 Å². The average Bonchev–Trinajstić information content (AvgIpc) is 2.43. The molecule has 20 heavy (non-hydrogen) atoms. The van der Waals surface area contributed by atoms with Crippen LogP contribution in [0, 0.1) is 5.82 Å². The predicted molar refractivity (Wildman–Crippen MR) is 74.2 cm³/mol. The van der Waals surface area contributed by atoms with Gasteiger partial charge in [0.15, 0.2) is 0 Å². The molecule has 6 heteroatoms. The molecule has 0 spiro atoms. The van der Waals surface area contributed by atoms with Crippen molar-refractivity contribution in [1.82, 2.24) is 4.98 Å². The maximum atomic E-state index is 13.3. The summed E-state index contributed by atoms with van der Waals surface area (Å²) in [5.41, 5.74) is 6.25. The molecule has 0 saturated carbocycles. The van der Waals surface area contributed by atoms with Gasteiger partial charge in [-0.15, -0.1) is 0 Å². The normalized spacial score (nSPS) is 10.2. The van der Waals surface area contributed by atoms with Gasteiger partial charge >= 0.3 is 5.97 Å². The number of carbonyl (C=O) groups is 1. The van der Waals surface area contributed by atoms with Crippen LogP contribution in [0.4, 0.5) is 15.8 Å². The Bertz CT molecular complexity index is 617. The van der Waals surface area contributed by atoms with E-state index < -0.39 is 11.8 Å². The number of aromatic nitrogens is 1. The third-order valence-electron chi connectivity index (χ3n) is 2.88. The number of nitrogen functional groups attached to an aromatic ring is 1. The van der Waals surface area contributed by atoms with Crippen LogP contribution in [0.25, 0.3) is 0 Å². The summed E-state index contributed by atoms with van der Waals surface area (Å²) < 4.78 is 13.3. The van der Waals surface area contributed by atoms with E-state index in [9.17, 15) is 9.18 Å². The Morgan fingerprint density at radius 1 is 1.30 bits per heavy atom. The molecule has 2 rings (SSSR count). The Morgan fingerprint density at radius 2 is 2.00 bits per heavy atom. The van der Waals surface area contributed by atoms with E-state index in [2.05, 4.69) is 10.3 Å². The number of carboxylic acids is 1. The van der Waals surface area contributed by atoms with Gasteiger partial charge in [-0.25, -0.2) is 9.18 Å². The number of aromatic carboxylic acids is 1. The lowest BCUT2D eigenvalue weighted by atomic mass is 10.1. The summed E-state index contributed by atoms with van der Waals surface area (Å²) in [7, 11) is 0. The van der Waals surface area contributed by atoms with E-state index in [0.717, 1.165) is 11.6 Å². The van der Waals surface area contributed by atoms with Crippen molar-refractivity contribution in [2.75, 3.05) is 17.6 Å². The zero-order valence-electron chi connectivity index (χ0n) is 10.6. The highest BCUT2D eigenvalue weighted by atomic mass is 19.1. The zero-order valence-corrected chi connectivity index (χ0v) is 10.6. The van der Waals surface area contributed by atoms with E-state index in [-0.39, 0.29) is 11.3 Å². The second kappa shape index (κ2) is 6.01. The van der Waals surface area contributed by atoms with E-state index in [1.807, 2.05) is 12.1 Å². The van der Waals surface area contributed by atoms with Gasteiger partial charge in [0.2, 0.25) is 0 Å². The van der Waals surface area contributed by atoms with Gasteiger partial charge in [0, 0.05) is 18.9 Å². The number of pyridine rings is 1. The van der Waals surface area contributed by atoms with Crippen LogP contribution in [0.3, 0.4) is 0 Å². The Labute approximate surface area is 115 Å². The molecule has 0 aliphatic carbocycles. The fourth-order valence-electron chi connectivity index (χ4n) is 1.86. The van der Waals surface area contributed by atoms with Crippen LogP contribution in [0.15, 0.2) is 36.7 Å². The first-order valence-electron chi connectivity index (χ1n) is 6.03. The van der Waals surface area contributed by atoms with Crippen molar-refractivity contribution in [3.63, 3.8) is 0 Å². The molecule has 0 radical (unpaired) electrons. The largest absolute Gasteiger partial charge is 0.478 e.